The van der Waals surface area contributed by atoms with Crippen molar-refractivity contribution in [2.75, 3.05) is 26.0 Å². The number of sulfonamides is 1. The van der Waals surface area contributed by atoms with E-state index in [2.05, 4.69) is 5.32 Å². The third-order valence-electron chi connectivity index (χ3n) is 4.70. The first-order valence-electron chi connectivity index (χ1n) is 8.53. The number of nitrogens with one attached hydrogen (secondary N) is 1. The minimum Gasteiger partial charge on any atom is -0.497 e. The summed E-state index contributed by atoms with van der Waals surface area (Å²) in [6, 6.07) is 5.77. The molecule has 0 spiro atoms. The number of methoxy groups -OCH3 is 1. The molecule has 0 aromatic heterocycles. The van der Waals surface area contributed by atoms with Gasteiger partial charge in [-0.05, 0) is 43.5 Å². The lowest BCUT2D eigenvalue weighted by Crippen LogP contribution is -2.48. The monoisotopic (exact) mass is 398 g/mol. The first-order valence-corrected chi connectivity index (χ1v) is 11.0. The summed E-state index contributed by atoms with van der Waals surface area (Å²) in [6.07, 6.45) is 1.87. The smallest absolute Gasteiger partial charge is 0.243 e. The Morgan fingerprint density at radius 3 is 2.62 bits per heavy atom. The number of piperidine rings is 1. The average molecular weight is 399 g/mol. The number of carbonyl (C=O) groups is 2. The lowest BCUT2D eigenvalue weighted by Gasteiger charge is -2.31. The highest BCUT2D eigenvalue weighted by Gasteiger charge is 2.35. The first kappa shape index (κ1) is 19.2. The van der Waals surface area contributed by atoms with Gasteiger partial charge in [0.25, 0.3) is 0 Å². The molecule has 142 valence electrons. The molecule has 0 unspecified atom stereocenters. The minimum absolute atomic E-state index is 0.0168. The number of hydrogen-bond donors (Lipinski definition) is 1. The summed E-state index contributed by atoms with van der Waals surface area (Å²) in [6.45, 7) is 0.518. The van der Waals surface area contributed by atoms with E-state index in [9.17, 15) is 18.0 Å². The highest BCUT2D eigenvalue weighted by atomic mass is 32.2. The molecule has 0 radical (unpaired) electrons. The second-order valence-corrected chi connectivity index (χ2v) is 9.43. The fourth-order valence-electron chi connectivity index (χ4n) is 3.19. The molecule has 0 saturated carbocycles. The van der Waals surface area contributed by atoms with Gasteiger partial charge in [0.1, 0.15) is 5.75 Å². The number of hydrogen-bond acceptors (Lipinski definition) is 6. The fourth-order valence-corrected chi connectivity index (χ4v) is 5.64. The first-order chi connectivity index (χ1) is 12.4. The summed E-state index contributed by atoms with van der Waals surface area (Å²) in [4.78, 5) is 24.3. The van der Waals surface area contributed by atoms with Crippen molar-refractivity contribution < 1.29 is 22.7 Å². The Morgan fingerprint density at radius 1 is 1.27 bits per heavy atom. The van der Waals surface area contributed by atoms with Crippen LogP contribution in [0.15, 0.2) is 29.2 Å². The van der Waals surface area contributed by atoms with Gasteiger partial charge in [-0.3, -0.25) is 9.59 Å². The van der Waals surface area contributed by atoms with E-state index in [1.807, 2.05) is 0 Å². The maximum absolute atomic E-state index is 12.8. The van der Waals surface area contributed by atoms with Gasteiger partial charge in [-0.2, -0.15) is 4.31 Å². The zero-order valence-corrected chi connectivity index (χ0v) is 16.1. The Kier molecular flexibility index (Phi) is 5.89. The molecule has 0 bridgehead atoms. The largest absolute Gasteiger partial charge is 0.497 e. The molecule has 2 fully saturated rings. The molecular formula is C17H22N2O5S2. The molecule has 2 atom stereocenters. The number of amides is 1. The molecule has 2 heterocycles. The van der Waals surface area contributed by atoms with Crippen molar-refractivity contribution in [2.45, 2.75) is 30.2 Å². The number of rotatable bonds is 5. The van der Waals surface area contributed by atoms with Crippen LogP contribution in [0.25, 0.3) is 0 Å². The number of thioether (sulfide) groups is 1. The lowest BCUT2D eigenvalue weighted by atomic mass is 9.98. The lowest BCUT2D eigenvalue weighted by molar-refractivity contribution is -0.128. The Bertz CT molecular complexity index is 779. The predicted octanol–water partition coefficient (Wildman–Crippen LogP) is 1.24. The zero-order chi connectivity index (χ0) is 18.7. The molecule has 26 heavy (non-hydrogen) atoms. The van der Waals surface area contributed by atoms with E-state index in [1.54, 1.807) is 12.1 Å². The van der Waals surface area contributed by atoms with Crippen molar-refractivity contribution in [1.82, 2.24) is 9.62 Å². The number of nitrogens with zero attached hydrogens (tertiary/aromatic N) is 1. The number of carbonyl (C=O) groups excluding carboxylic acids is 2. The van der Waals surface area contributed by atoms with Crippen LogP contribution in [0.3, 0.4) is 0 Å². The molecule has 2 aliphatic heterocycles. The third-order valence-corrected chi connectivity index (χ3v) is 7.59. The van der Waals surface area contributed by atoms with Crippen LogP contribution in [0.1, 0.15) is 19.3 Å². The van der Waals surface area contributed by atoms with Crippen molar-refractivity contribution >= 4 is 32.8 Å². The molecular weight excluding hydrogens is 376 g/mol. The van der Waals surface area contributed by atoms with E-state index in [1.165, 1.54) is 35.3 Å². The van der Waals surface area contributed by atoms with Crippen molar-refractivity contribution in [3.8, 4) is 5.75 Å². The Morgan fingerprint density at radius 2 is 2.00 bits per heavy atom. The normalized spacial score (nSPS) is 24.4. The number of ether oxygens (including phenoxy) is 1. The molecule has 2 aliphatic rings. The molecule has 1 N–H and O–H groups in total. The fraction of sp³-hybridized carbons (Fsp3) is 0.529. The van der Waals surface area contributed by atoms with Gasteiger partial charge in [-0.25, -0.2) is 8.42 Å². The molecule has 3 rings (SSSR count). The van der Waals surface area contributed by atoms with E-state index in [4.69, 9.17) is 4.74 Å². The Hall–Kier alpha value is -1.58. The molecule has 9 heteroatoms. The van der Waals surface area contributed by atoms with Gasteiger partial charge in [0.05, 0.1) is 24.0 Å². The Labute approximate surface area is 157 Å². The maximum atomic E-state index is 12.8. The summed E-state index contributed by atoms with van der Waals surface area (Å²) in [7, 11) is -2.15. The standard InChI is InChI=1S/C17H22N2O5S2/c1-24-13-4-6-14(7-5-13)26(22,23)19-9-2-3-12(11-19)16(20)18-15-8-10-25-17(15)21/h4-7,12,15H,2-3,8-11H2,1H3,(H,18,20)/t12-,15-/m1/s1. The van der Waals surface area contributed by atoms with E-state index in [-0.39, 0.29) is 22.5 Å². The quantitative estimate of drug-likeness (QED) is 0.802. The van der Waals surface area contributed by atoms with Crippen LogP contribution in [-0.2, 0) is 19.6 Å². The second kappa shape index (κ2) is 7.98. The number of benzene rings is 1. The van der Waals surface area contributed by atoms with Crippen LogP contribution in [0.2, 0.25) is 0 Å². The topological polar surface area (TPSA) is 92.8 Å². The van der Waals surface area contributed by atoms with Gasteiger partial charge in [-0.1, -0.05) is 11.8 Å². The van der Waals surface area contributed by atoms with Crippen molar-refractivity contribution in [3.63, 3.8) is 0 Å². The van der Waals surface area contributed by atoms with Crippen LogP contribution in [0.4, 0.5) is 0 Å². The molecule has 1 aromatic rings. The third kappa shape index (κ3) is 4.05. The van der Waals surface area contributed by atoms with Gasteiger partial charge >= 0.3 is 0 Å². The summed E-state index contributed by atoms with van der Waals surface area (Å²) >= 11 is 1.23. The zero-order valence-electron chi connectivity index (χ0n) is 14.5. The van der Waals surface area contributed by atoms with Gasteiger partial charge in [0, 0.05) is 18.8 Å². The van der Waals surface area contributed by atoms with E-state index < -0.39 is 22.0 Å². The van der Waals surface area contributed by atoms with Crippen molar-refractivity contribution in [2.24, 2.45) is 5.92 Å². The molecule has 1 amide bonds. The van der Waals surface area contributed by atoms with Crippen LogP contribution in [-0.4, -0.2) is 55.7 Å². The SMILES string of the molecule is COc1ccc(S(=O)(=O)N2CCC[C@@H](C(=O)N[C@@H]3CCSC3=O)C2)cc1. The van der Waals surface area contributed by atoms with Crippen LogP contribution >= 0.6 is 11.8 Å². The minimum atomic E-state index is -3.66. The van der Waals surface area contributed by atoms with Gasteiger partial charge in [0.2, 0.25) is 21.0 Å². The van der Waals surface area contributed by atoms with Crippen LogP contribution < -0.4 is 10.1 Å². The van der Waals surface area contributed by atoms with Gasteiger partial charge in [0.15, 0.2) is 0 Å². The second-order valence-electron chi connectivity index (χ2n) is 6.40. The summed E-state index contributed by atoms with van der Waals surface area (Å²) in [5, 5.41) is 2.76. The maximum Gasteiger partial charge on any atom is 0.243 e. The van der Waals surface area contributed by atoms with E-state index in [0.29, 0.717) is 37.3 Å². The van der Waals surface area contributed by atoms with E-state index >= 15 is 0 Å². The highest BCUT2D eigenvalue weighted by molar-refractivity contribution is 8.14. The predicted molar refractivity (Wildman–Crippen MR) is 98.5 cm³/mol. The van der Waals surface area contributed by atoms with Gasteiger partial charge in [-0.15, -0.1) is 0 Å². The molecule has 0 aliphatic carbocycles. The summed E-state index contributed by atoms with van der Waals surface area (Å²) in [5.74, 6) is 0.626. The molecule has 7 nitrogen and oxygen atoms in total. The Balaban J connectivity index is 1.68. The van der Waals surface area contributed by atoms with Crippen LogP contribution in [0, 0.1) is 5.92 Å². The van der Waals surface area contributed by atoms with Crippen LogP contribution in [0.5, 0.6) is 5.75 Å². The van der Waals surface area contributed by atoms with Gasteiger partial charge < -0.3 is 10.1 Å². The summed E-state index contributed by atoms with van der Waals surface area (Å²) < 4.78 is 32.1. The summed E-state index contributed by atoms with van der Waals surface area (Å²) in [5.41, 5.74) is 0. The van der Waals surface area contributed by atoms with E-state index in [0.717, 1.165) is 0 Å². The highest BCUT2D eigenvalue weighted by Crippen LogP contribution is 2.26. The van der Waals surface area contributed by atoms with Crippen molar-refractivity contribution in [1.29, 1.82) is 0 Å². The molecule has 2 saturated heterocycles. The van der Waals surface area contributed by atoms with Crippen molar-refractivity contribution in [3.05, 3.63) is 24.3 Å². The molecule has 1 aromatic carbocycles. The average Bonchev–Trinajstić information content (AvgIpc) is 3.06.